The zero-order chi connectivity index (χ0) is 13.6. The zero-order valence-corrected chi connectivity index (χ0v) is 10.2. The smallest absolute Gasteiger partial charge is 0.388 e. The van der Waals surface area contributed by atoms with E-state index in [4.69, 9.17) is 0 Å². The van der Waals surface area contributed by atoms with Crippen molar-refractivity contribution in [1.29, 1.82) is 0 Å². The minimum atomic E-state index is -4.36. The van der Waals surface area contributed by atoms with E-state index in [1.165, 1.54) is 0 Å². The first-order valence-corrected chi connectivity index (χ1v) is 6.24. The highest BCUT2D eigenvalue weighted by atomic mass is 19.4. The van der Waals surface area contributed by atoms with Crippen molar-refractivity contribution in [3.05, 3.63) is 47.0 Å². The van der Waals surface area contributed by atoms with Gasteiger partial charge in [0.05, 0.1) is 12.5 Å². The van der Waals surface area contributed by atoms with Crippen LogP contribution in [0.15, 0.2) is 30.3 Å². The van der Waals surface area contributed by atoms with Gasteiger partial charge in [-0.05, 0) is 40.3 Å². The fourth-order valence-electron chi connectivity index (χ4n) is 2.89. The van der Waals surface area contributed by atoms with Gasteiger partial charge in [0, 0.05) is 0 Å². The van der Waals surface area contributed by atoms with Gasteiger partial charge in [-0.3, -0.25) is 0 Å². The molecule has 1 aliphatic rings. The van der Waals surface area contributed by atoms with Crippen molar-refractivity contribution in [2.75, 3.05) is 0 Å². The van der Waals surface area contributed by atoms with Crippen LogP contribution in [0.3, 0.4) is 0 Å². The van der Waals surface area contributed by atoms with E-state index in [1.54, 1.807) is 12.1 Å². The predicted octanol–water partition coefficient (Wildman–Crippen LogP) is 3.92. The van der Waals surface area contributed by atoms with Crippen molar-refractivity contribution in [3.8, 4) is 0 Å². The summed E-state index contributed by atoms with van der Waals surface area (Å²) in [6.07, 6.45) is -5.21. The molecule has 0 heterocycles. The summed E-state index contributed by atoms with van der Waals surface area (Å²) in [7, 11) is 0. The van der Waals surface area contributed by atoms with Crippen LogP contribution in [-0.4, -0.2) is 11.3 Å². The Morgan fingerprint density at radius 2 is 1.74 bits per heavy atom. The van der Waals surface area contributed by atoms with E-state index < -0.39 is 18.7 Å². The monoisotopic (exact) mass is 266 g/mol. The molecule has 0 saturated carbocycles. The Hall–Kier alpha value is -1.55. The van der Waals surface area contributed by atoms with Crippen LogP contribution in [0.25, 0.3) is 10.8 Å². The lowest BCUT2D eigenvalue weighted by atomic mass is 9.95. The molecular formula is C15H13F3O. The second-order valence-corrected chi connectivity index (χ2v) is 4.99. The van der Waals surface area contributed by atoms with Crippen LogP contribution < -0.4 is 0 Å². The van der Waals surface area contributed by atoms with E-state index in [0.29, 0.717) is 5.56 Å². The molecule has 0 fully saturated rings. The number of aliphatic hydroxyl groups excluding tert-OH is 1. The van der Waals surface area contributed by atoms with Gasteiger partial charge in [0.15, 0.2) is 0 Å². The Kier molecular flexibility index (Phi) is 2.78. The third kappa shape index (κ3) is 2.21. The van der Waals surface area contributed by atoms with Crippen molar-refractivity contribution in [2.24, 2.45) is 0 Å². The van der Waals surface area contributed by atoms with E-state index in [0.717, 1.165) is 34.7 Å². The molecule has 0 saturated heterocycles. The molecule has 2 aromatic carbocycles. The van der Waals surface area contributed by atoms with Gasteiger partial charge in [-0.15, -0.1) is 0 Å². The summed E-state index contributed by atoms with van der Waals surface area (Å²) in [5, 5.41) is 11.6. The summed E-state index contributed by atoms with van der Waals surface area (Å²) in [5.41, 5.74) is 2.70. The molecule has 1 N–H and O–H groups in total. The van der Waals surface area contributed by atoms with E-state index in [9.17, 15) is 18.3 Å². The van der Waals surface area contributed by atoms with Crippen LogP contribution in [0.1, 0.15) is 29.2 Å². The first-order chi connectivity index (χ1) is 8.96. The molecule has 0 bridgehead atoms. The molecule has 0 spiro atoms. The van der Waals surface area contributed by atoms with E-state index >= 15 is 0 Å². The van der Waals surface area contributed by atoms with Crippen LogP contribution in [0, 0.1) is 0 Å². The lowest BCUT2D eigenvalue weighted by molar-refractivity contribution is -0.154. The number of hydrogen-bond donors (Lipinski definition) is 1. The van der Waals surface area contributed by atoms with Crippen molar-refractivity contribution >= 4 is 10.8 Å². The summed E-state index contributed by atoms with van der Waals surface area (Å²) < 4.78 is 37.2. The SMILES string of the molecule is OC(CC(F)(F)F)c1ccc2c3c(cccc13)CC2. The first-order valence-electron chi connectivity index (χ1n) is 6.24. The van der Waals surface area contributed by atoms with Crippen LogP contribution in [-0.2, 0) is 12.8 Å². The van der Waals surface area contributed by atoms with Crippen LogP contribution >= 0.6 is 0 Å². The Balaban J connectivity index is 2.11. The predicted molar refractivity (Wildman–Crippen MR) is 67.0 cm³/mol. The molecule has 0 aliphatic heterocycles. The summed E-state index contributed by atoms with van der Waals surface area (Å²) in [6, 6.07) is 9.11. The lowest BCUT2D eigenvalue weighted by Crippen LogP contribution is -2.13. The zero-order valence-electron chi connectivity index (χ0n) is 10.2. The maximum atomic E-state index is 12.4. The molecule has 0 radical (unpaired) electrons. The molecule has 2 aromatic rings. The topological polar surface area (TPSA) is 20.2 Å². The third-order valence-corrected chi connectivity index (χ3v) is 3.69. The maximum Gasteiger partial charge on any atom is 0.391 e. The van der Waals surface area contributed by atoms with E-state index in [-0.39, 0.29) is 0 Å². The highest BCUT2D eigenvalue weighted by Crippen LogP contribution is 2.37. The Labute approximate surface area is 108 Å². The molecule has 3 rings (SSSR count). The maximum absolute atomic E-state index is 12.4. The summed E-state index contributed by atoms with van der Waals surface area (Å²) in [4.78, 5) is 0. The summed E-state index contributed by atoms with van der Waals surface area (Å²) in [5.74, 6) is 0. The number of halogens is 3. The number of aliphatic hydroxyl groups is 1. The molecular weight excluding hydrogens is 253 g/mol. The minimum Gasteiger partial charge on any atom is -0.388 e. The molecule has 4 heteroatoms. The largest absolute Gasteiger partial charge is 0.391 e. The molecule has 1 atom stereocenters. The van der Waals surface area contributed by atoms with Crippen LogP contribution in [0.5, 0.6) is 0 Å². The van der Waals surface area contributed by atoms with Crippen molar-refractivity contribution < 1.29 is 18.3 Å². The van der Waals surface area contributed by atoms with Gasteiger partial charge in [-0.25, -0.2) is 0 Å². The Morgan fingerprint density at radius 3 is 2.42 bits per heavy atom. The number of aryl methyl sites for hydroxylation is 2. The lowest BCUT2D eigenvalue weighted by Gasteiger charge is -2.16. The third-order valence-electron chi connectivity index (χ3n) is 3.69. The molecule has 19 heavy (non-hydrogen) atoms. The molecule has 1 unspecified atom stereocenters. The van der Waals surface area contributed by atoms with E-state index in [1.807, 2.05) is 18.2 Å². The van der Waals surface area contributed by atoms with Gasteiger partial charge in [0.1, 0.15) is 0 Å². The van der Waals surface area contributed by atoms with Gasteiger partial charge < -0.3 is 5.11 Å². The number of rotatable bonds is 2. The fraction of sp³-hybridized carbons (Fsp3) is 0.333. The highest BCUT2D eigenvalue weighted by Gasteiger charge is 2.32. The number of alkyl halides is 3. The molecule has 0 amide bonds. The highest BCUT2D eigenvalue weighted by molar-refractivity contribution is 5.93. The number of hydrogen-bond acceptors (Lipinski definition) is 1. The number of benzene rings is 2. The Bertz CT molecular complexity index is 621. The molecule has 1 aliphatic carbocycles. The Morgan fingerprint density at radius 1 is 1.05 bits per heavy atom. The molecule has 0 aromatic heterocycles. The van der Waals surface area contributed by atoms with Gasteiger partial charge in [0.2, 0.25) is 0 Å². The van der Waals surface area contributed by atoms with Crippen LogP contribution in [0.2, 0.25) is 0 Å². The van der Waals surface area contributed by atoms with Crippen molar-refractivity contribution in [2.45, 2.75) is 31.5 Å². The first kappa shape index (κ1) is 12.5. The van der Waals surface area contributed by atoms with Crippen LogP contribution in [0.4, 0.5) is 13.2 Å². The van der Waals surface area contributed by atoms with Crippen molar-refractivity contribution in [3.63, 3.8) is 0 Å². The van der Waals surface area contributed by atoms with Gasteiger partial charge in [-0.2, -0.15) is 13.2 Å². The molecule has 1 nitrogen and oxygen atoms in total. The summed E-state index contributed by atoms with van der Waals surface area (Å²) in [6.45, 7) is 0. The minimum absolute atomic E-state index is 0.375. The van der Waals surface area contributed by atoms with Gasteiger partial charge in [-0.1, -0.05) is 30.3 Å². The quantitative estimate of drug-likeness (QED) is 0.873. The average Bonchev–Trinajstić information content (AvgIpc) is 2.73. The van der Waals surface area contributed by atoms with E-state index in [2.05, 4.69) is 0 Å². The standard InChI is InChI=1S/C15H13F3O/c16-15(17,18)8-13(19)11-7-6-10-5-4-9-2-1-3-12(11)14(9)10/h1-3,6-7,13,19H,4-5,8H2. The average molecular weight is 266 g/mol. The van der Waals surface area contributed by atoms with Crippen molar-refractivity contribution in [1.82, 2.24) is 0 Å². The second kappa shape index (κ2) is 4.23. The second-order valence-electron chi connectivity index (χ2n) is 4.99. The fourth-order valence-corrected chi connectivity index (χ4v) is 2.89. The van der Waals surface area contributed by atoms with Gasteiger partial charge >= 0.3 is 6.18 Å². The normalized spacial score (nSPS) is 16.0. The molecule has 100 valence electrons. The summed E-state index contributed by atoms with van der Waals surface area (Å²) >= 11 is 0. The van der Waals surface area contributed by atoms with Gasteiger partial charge in [0.25, 0.3) is 0 Å².